The molecule has 1 aromatic carbocycles. The second-order valence-corrected chi connectivity index (χ2v) is 5.68. The summed E-state index contributed by atoms with van der Waals surface area (Å²) in [5.74, 6) is 0.544. The fourth-order valence-corrected chi connectivity index (χ4v) is 2.45. The van der Waals surface area contributed by atoms with Gasteiger partial charge in [-0.3, -0.25) is 4.99 Å². The molecule has 18 heavy (non-hydrogen) atoms. The van der Waals surface area contributed by atoms with Crippen molar-refractivity contribution < 1.29 is 4.92 Å². The van der Waals surface area contributed by atoms with Gasteiger partial charge in [0.1, 0.15) is 0 Å². The number of nitrogens with one attached hydrogen (secondary N) is 1. The van der Waals surface area contributed by atoms with E-state index in [1.807, 2.05) is 24.3 Å². The largest absolute Gasteiger partial charge is 0.419 e. The Bertz CT molecular complexity index is 515. The van der Waals surface area contributed by atoms with Crippen molar-refractivity contribution in [3.05, 3.63) is 37.9 Å². The first-order valence-corrected chi connectivity index (χ1v) is 7.14. The van der Waals surface area contributed by atoms with Gasteiger partial charge in [-0.15, -0.1) is 0 Å². The predicted molar refractivity (Wildman–Crippen MR) is 82.0 cm³/mol. The topological polar surface area (TPSA) is 79.9 Å². The van der Waals surface area contributed by atoms with E-state index < -0.39 is 4.92 Å². The zero-order valence-corrected chi connectivity index (χ0v) is 12.1. The van der Waals surface area contributed by atoms with Gasteiger partial charge in [0.15, 0.2) is 5.04 Å². The highest BCUT2D eigenvalue weighted by Crippen LogP contribution is 2.15. The van der Waals surface area contributed by atoms with Gasteiger partial charge in [0.25, 0.3) is 0 Å². The van der Waals surface area contributed by atoms with Crippen LogP contribution in [0.1, 0.15) is 0 Å². The second kappa shape index (κ2) is 6.14. The molecule has 0 aliphatic carbocycles. The lowest BCUT2D eigenvalue weighted by Gasteiger charge is -1.98. The lowest BCUT2D eigenvalue weighted by atomic mass is 10.3. The Morgan fingerprint density at radius 3 is 2.78 bits per heavy atom. The monoisotopic (exact) mass is 376 g/mol. The lowest BCUT2D eigenvalue weighted by Crippen LogP contribution is -2.21. The van der Waals surface area contributed by atoms with Crippen LogP contribution >= 0.6 is 34.4 Å². The Labute approximate surface area is 121 Å². The van der Waals surface area contributed by atoms with Crippen molar-refractivity contribution in [2.24, 2.45) is 10.1 Å². The van der Waals surface area contributed by atoms with Crippen LogP contribution in [0.3, 0.4) is 0 Å². The molecule has 0 radical (unpaired) electrons. The van der Waals surface area contributed by atoms with E-state index in [0.29, 0.717) is 17.3 Å². The summed E-state index contributed by atoms with van der Waals surface area (Å²) in [6, 6.07) is 7.41. The van der Waals surface area contributed by atoms with Crippen LogP contribution in [0.15, 0.2) is 34.4 Å². The third-order valence-electron chi connectivity index (χ3n) is 2.08. The SMILES string of the molecule is O=[N+]([O-])/C(=N\Nc1ccc(I)cc1)C1=NCCS1. The van der Waals surface area contributed by atoms with Crippen LogP contribution in [0.25, 0.3) is 0 Å². The zero-order valence-electron chi connectivity index (χ0n) is 9.17. The van der Waals surface area contributed by atoms with Gasteiger partial charge < -0.3 is 10.1 Å². The minimum absolute atomic E-state index is 0.226. The molecule has 0 amide bonds. The van der Waals surface area contributed by atoms with Crippen molar-refractivity contribution in [3.8, 4) is 0 Å². The molecule has 0 fully saturated rings. The smallest absolute Gasteiger partial charge is 0.358 e. The first-order valence-electron chi connectivity index (χ1n) is 5.08. The molecular weight excluding hydrogens is 367 g/mol. The van der Waals surface area contributed by atoms with E-state index in [1.165, 1.54) is 11.8 Å². The highest BCUT2D eigenvalue weighted by Gasteiger charge is 2.25. The predicted octanol–water partition coefficient (Wildman–Crippen LogP) is 2.44. The molecule has 1 aliphatic heterocycles. The van der Waals surface area contributed by atoms with Gasteiger partial charge in [-0.1, -0.05) is 11.8 Å². The number of hydrogen-bond donors (Lipinski definition) is 1. The number of rotatable bonds is 3. The Morgan fingerprint density at radius 1 is 1.50 bits per heavy atom. The van der Waals surface area contributed by atoms with Gasteiger partial charge in [-0.25, -0.2) is 0 Å². The van der Waals surface area contributed by atoms with Crippen molar-refractivity contribution in [1.29, 1.82) is 0 Å². The number of nitrogens with zero attached hydrogens (tertiary/aromatic N) is 3. The number of halogens is 1. The van der Waals surface area contributed by atoms with E-state index in [2.05, 4.69) is 38.1 Å². The Hall–Kier alpha value is -1.16. The molecule has 0 atom stereocenters. The summed E-state index contributed by atoms with van der Waals surface area (Å²) in [6.45, 7) is 0.608. The van der Waals surface area contributed by atoms with Crippen LogP contribution in [0.4, 0.5) is 5.69 Å². The number of benzene rings is 1. The average molecular weight is 376 g/mol. The van der Waals surface area contributed by atoms with Gasteiger partial charge in [0.2, 0.25) is 0 Å². The van der Waals surface area contributed by atoms with E-state index in [1.54, 1.807) is 0 Å². The fourth-order valence-electron chi connectivity index (χ4n) is 1.28. The first-order chi connectivity index (χ1) is 8.66. The Balaban J connectivity index is 2.13. The molecule has 1 aliphatic rings. The zero-order chi connectivity index (χ0) is 13.0. The maximum absolute atomic E-state index is 10.9. The fraction of sp³-hybridized carbons (Fsp3) is 0.200. The lowest BCUT2D eigenvalue weighted by molar-refractivity contribution is -0.345. The Morgan fingerprint density at radius 2 is 2.22 bits per heavy atom. The number of aliphatic imine (C=N–C) groups is 1. The summed E-state index contributed by atoms with van der Waals surface area (Å²) in [5, 5.41) is 15.1. The number of anilines is 1. The van der Waals surface area contributed by atoms with Crippen molar-refractivity contribution in [2.75, 3.05) is 17.7 Å². The van der Waals surface area contributed by atoms with Crippen LogP contribution in [0, 0.1) is 13.7 Å². The molecule has 6 nitrogen and oxygen atoms in total. The van der Waals surface area contributed by atoms with Crippen molar-refractivity contribution in [1.82, 2.24) is 0 Å². The summed E-state index contributed by atoms with van der Waals surface area (Å²) in [5.41, 5.74) is 3.39. The maximum atomic E-state index is 10.9. The van der Waals surface area contributed by atoms with Crippen LogP contribution in [0.2, 0.25) is 0 Å². The third kappa shape index (κ3) is 3.42. The summed E-state index contributed by atoms with van der Waals surface area (Å²) in [4.78, 5) is 14.4. The second-order valence-electron chi connectivity index (χ2n) is 3.35. The molecule has 94 valence electrons. The summed E-state index contributed by atoms with van der Waals surface area (Å²) in [6.07, 6.45) is 0. The van der Waals surface area contributed by atoms with E-state index in [0.717, 1.165) is 9.32 Å². The molecule has 1 N–H and O–H groups in total. The molecular formula is C10H9IN4O2S. The number of nitro groups is 1. The molecule has 2 rings (SSSR count). The van der Waals surface area contributed by atoms with Crippen LogP contribution < -0.4 is 5.43 Å². The van der Waals surface area contributed by atoms with Crippen LogP contribution in [0.5, 0.6) is 0 Å². The molecule has 1 aromatic rings. The number of amidine groups is 1. The van der Waals surface area contributed by atoms with E-state index in [4.69, 9.17) is 0 Å². The van der Waals surface area contributed by atoms with Crippen LogP contribution in [-0.2, 0) is 0 Å². The maximum Gasteiger partial charge on any atom is 0.419 e. The van der Waals surface area contributed by atoms with Gasteiger partial charge in [-0.05, 0) is 51.8 Å². The summed E-state index contributed by atoms with van der Waals surface area (Å²) in [7, 11) is 0. The minimum Gasteiger partial charge on any atom is -0.358 e. The molecule has 0 saturated carbocycles. The van der Waals surface area contributed by atoms with E-state index in [9.17, 15) is 10.1 Å². The molecule has 0 bridgehead atoms. The molecule has 0 spiro atoms. The normalized spacial score (nSPS) is 15.4. The first kappa shape index (κ1) is 13.3. The molecule has 0 aromatic heterocycles. The highest BCUT2D eigenvalue weighted by atomic mass is 127. The van der Waals surface area contributed by atoms with E-state index >= 15 is 0 Å². The quantitative estimate of drug-likeness (QED) is 0.289. The number of thioether (sulfide) groups is 1. The van der Waals surface area contributed by atoms with Gasteiger partial charge >= 0.3 is 5.84 Å². The van der Waals surface area contributed by atoms with Crippen molar-refractivity contribution in [3.63, 3.8) is 0 Å². The number of hydrazone groups is 1. The Kier molecular flexibility index (Phi) is 4.53. The number of hydrogen-bond acceptors (Lipinski definition) is 6. The van der Waals surface area contributed by atoms with Gasteiger partial charge in [-0.2, -0.15) is 5.43 Å². The molecule has 1 heterocycles. The summed E-state index contributed by atoms with van der Waals surface area (Å²) >= 11 is 3.54. The van der Waals surface area contributed by atoms with Crippen LogP contribution in [-0.4, -0.2) is 28.1 Å². The third-order valence-corrected chi connectivity index (χ3v) is 3.78. The van der Waals surface area contributed by atoms with Gasteiger partial charge in [0, 0.05) is 9.32 Å². The molecule has 0 saturated heterocycles. The van der Waals surface area contributed by atoms with Crippen molar-refractivity contribution >= 4 is 50.9 Å². The van der Waals surface area contributed by atoms with Gasteiger partial charge in [0.05, 0.1) is 17.3 Å². The molecule has 0 unspecified atom stereocenters. The standard InChI is InChI=1S/C10H9IN4O2S/c11-7-1-3-8(4-2-7)13-14-9(15(16)17)10-12-5-6-18-10/h1-4,13H,5-6H2/b14-9-. The summed E-state index contributed by atoms with van der Waals surface area (Å²) < 4.78 is 1.09. The average Bonchev–Trinajstić information content (AvgIpc) is 2.85. The van der Waals surface area contributed by atoms with E-state index in [-0.39, 0.29) is 5.84 Å². The van der Waals surface area contributed by atoms with Crippen molar-refractivity contribution in [2.45, 2.75) is 0 Å². The minimum atomic E-state index is -0.517. The highest BCUT2D eigenvalue weighted by molar-refractivity contribution is 14.1. The molecule has 8 heteroatoms.